The van der Waals surface area contributed by atoms with Gasteiger partial charge in [0.15, 0.2) is 5.84 Å². The number of fused-ring (bicyclic) bond motifs is 1. The first kappa shape index (κ1) is 24.0. The van der Waals surface area contributed by atoms with Gasteiger partial charge in [0, 0.05) is 22.6 Å². The number of thioether (sulfide) groups is 1. The van der Waals surface area contributed by atoms with Gasteiger partial charge in [-0.2, -0.15) is 15.1 Å². The molecule has 0 saturated carbocycles. The van der Waals surface area contributed by atoms with Crippen LogP contribution in [0.25, 0.3) is 11.8 Å². The highest BCUT2D eigenvalue weighted by atomic mass is 32.2. The summed E-state index contributed by atoms with van der Waals surface area (Å²) >= 11 is 1.32. The van der Waals surface area contributed by atoms with E-state index in [0.717, 1.165) is 45.2 Å². The Hall–Kier alpha value is -3.71. The molecule has 3 heterocycles. The number of aromatic nitrogens is 1. The summed E-state index contributed by atoms with van der Waals surface area (Å²) in [6.07, 6.45) is 2.87. The molecule has 36 heavy (non-hydrogen) atoms. The van der Waals surface area contributed by atoms with Crippen LogP contribution in [0.3, 0.4) is 0 Å². The van der Waals surface area contributed by atoms with Gasteiger partial charge in [0.1, 0.15) is 5.04 Å². The molecule has 1 aromatic heterocycles. The molecule has 0 fully saturated rings. The van der Waals surface area contributed by atoms with E-state index in [0.29, 0.717) is 11.1 Å². The van der Waals surface area contributed by atoms with Gasteiger partial charge >= 0.3 is 0 Å². The van der Waals surface area contributed by atoms with Crippen LogP contribution in [0.4, 0.5) is 0 Å². The lowest BCUT2D eigenvalue weighted by molar-refractivity contribution is -0.114. The van der Waals surface area contributed by atoms with Crippen molar-refractivity contribution in [3.63, 3.8) is 0 Å². The van der Waals surface area contributed by atoms with Crippen LogP contribution in [0, 0.1) is 26.2 Å². The van der Waals surface area contributed by atoms with E-state index in [1.54, 1.807) is 6.08 Å². The Balaban J connectivity index is 1.48. The van der Waals surface area contributed by atoms with Gasteiger partial charge in [-0.25, -0.2) is 0 Å². The van der Waals surface area contributed by atoms with Crippen LogP contribution in [0.15, 0.2) is 70.3 Å². The van der Waals surface area contributed by atoms with Gasteiger partial charge in [-0.05, 0) is 85.8 Å². The predicted octanol–water partition coefficient (Wildman–Crippen LogP) is 6.58. The van der Waals surface area contributed by atoms with E-state index in [4.69, 9.17) is 5.41 Å². The molecule has 0 bridgehead atoms. The van der Waals surface area contributed by atoms with Crippen LogP contribution in [0.5, 0.6) is 0 Å². The lowest BCUT2D eigenvalue weighted by Crippen LogP contribution is -2.35. The Bertz CT molecular complexity index is 1480. The number of hydrogen-bond acceptors (Lipinski definition) is 4. The van der Waals surface area contributed by atoms with Crippen LogP contribution >= 0.6 is 11.8 Å². The smallest absolute Gasteiger partial charge is 0.283 e. The summed E-state index contributed by atoms with van der Waals surface area (Å²) in [5.41, 5.74) is 7.67. The zero-order chi connectivity index (χ0) is 25.6. The number of nitrogens with zero attached hydrogens (tertiary/aromatic N) is 4. The molecule has 2 aliphatic rings. The van der Waals surface area contributed by atoms with E-state index >= 15 is 0 Å². The first-order valence-electron chi connectivity index (χ1n) is 12.1. The molecule has 3 aromatic rings. The minimum atomic E-state index is -0.414. The van der Waals surface area contributed by atoms with Crippen molar-refractivity contribution in [1.82, 2.24) is 9.58 Å². The van der Waals surface area contributed by atoms with Crippen molar-refractivity contribution >= 4 is 39.8 Å². The summed E-state index contributed by atoms with van der Waals surface area (Å²) in [4.78, 5) is 17.2. The van der Waals surface area contributed by atoms with E-state index < -0.39 is 5.91 Å². The van der Waals surface area contributed by atoms with Crippen LogP contribution < -0.4 is 0 Å². The van der Waals surface area contributed by atoms with Crippen LogP contribution in [0.2, 0.25) is 0 Å². The molecule has 1 atom stereocenters. The summed E-state index contributed by atoms with van der Waals surface area (Å²) < 4.78 is 2.18. The van der Waals surface area contributed by atoms with Crippen molar-refractivity contribution in [3.8, 4) is 5.69 Å². The fraction of sp³-hybridized carbons (Fsp3) is 0.241. The maximum Gasteiger partial charge on any atom is 0.283 e. The zero-order valence-corrected chi connectivity index (χ0v) is 22.0. The lowest BCUT2D eigenvalue weighted by atomic mass is 9.98. The third-order valence-electron chi connectivity index (χ3n) is 6.93. The molecule has 0 saturated heterocycles. The van der Waals surface area contributed by atoms with E-state index in [1.165, 1.54) is 22.3 Å². The van der Waals surface area contributed by atoms with Gasteiger partial charge in [-0.3, -0.25) is 10.2 Å². The standard InChI is InChI=1S/C29H29N5OS/c1-6-17(2)21-11-13-23(14-12-21)33-19(4)15-22(20(33)5)16-25-26(30)34-29(31-27(25)35)36-28(32-34)24-10-8-7-9-18(24)3/h7-17,30H,6H2,1-5H3/b25-16-,30-26?/t17-/m0/s1. The van der Waals surface area contributed by atoms with Gasteiger partial charge in [-0.15, -0.1) is 0 Å². The van der Waals surface area contributed by atoms with Gasteiger partial charge in [-0.1, -0.05) is 50.2 Å². The topological polar surface area (TPSA) is 73.8 Å². The van der Waals surface area contributed by atoms with Crippen molar-refractivity contribution < 1.29 is 4.79 Å². The van der Waals surface area contributed by atoms with Crippen molar-refractivity contribution in [2.24, 2.45) is 10.1 Å². The molecule has 1 amide bonds. The Morgan fingerprint density at radius 1 is 1.08 bits per heavy atom. The minimum Gasteiger partial charge on any atom is -0.318 e. The van der Waals surface area contributed by atoms with Gasteiger partial charge in [0.25, 0.3) is 5.91 Å². The summed E-state index contributed by atoms with van der Waals surface area (Å²) in [7, 11) is 0. The number of rotatable bonds is 5. The fourth-order valence-electron chi connectivity index (χ4n) is 4.59. The Morgan fingerprint density at radius 3 is 2.50 bits per heavy atom. The number of hydrazone groups is 1. The molecule has 182 valence electrons. The maximum atomic E-state index is 13.0. The summed E-state index contributed by atoms with van der Waals surface area (Å²) in [6, 6.07) is 18.7. The van der Waals surface area contributed by atoms with E-state index in [9.17, 15) is 4.79 Å². The molecule has 0 spiro atoms. The Morgan fingerprint density at radius 2 is 1.81 bits per heavy atom. The summed E-state index contributed by atoms with van der Waals surface area (Å²) in [6.45, 7) is 10.5. The molecule has 0 unspecified atom stereocenters. The zero-order valence-electron chi connectivity index (χ0n) is 21.2. The Kier molecular flexibility index (Phi) is 6.26. The highest BCUT2D eigenvalue weighted by Crippen LogP contribution is 2.33. The molecule has 6 nitrogen and oxygen atoms in total. The highest BCUT2D eigenvalue weighted by Gasteiger charge is 2.36. The summed E-state index contributed by atoms with van der Waals surface area (Å²) in [5.74, 6) is 0.157. The second kappa shape index (κ2) is 9.39. The minimum absolute atomic E-state index is 0.0452. The third kappa shape index (κ3) is 4.13. The lowest BCUT2D eigenvalue weighted by Gasteiger charge is -2.20. The molecular weight excluding hydrogens is 466 g/mol. The van der Waals surface area contributed by atoms with E-state index in [2.05, 4.69) is 59.7 Å². The number of aliphatic imine (C=N–C) groups is 1. The van der Waals surface area contributed by atoms with Gasteiger partial charge in [0.2, 0.25) is 5.17 Å². The first-order chi connectivity index (χ1) is 17.3. The van der Waals surface area contributed by atoms with Crippen molar-refractivity contribution in [2.75, 3.05) is 0 Å². The fourth-order valence-corrected chi connectivity index (χ4v) is 5.57. The molecule has 1 N–H and O–H groups in total. The van der Waals surface area contributed by atoms with Crippen molar-refractivity contribution in [3.05, 3.63) is 93.8 Å². The normalized spacial score (nSPS) is 17.4. The number of carbonyl (C=O) groups is 1. The maximum absolute atomic E-state index is 13.0. The number of amidine groups is 2. The largest absolute Gasteiger partial charge is 0.318 e. The van der Waals surface area contributed by atoms with E-state index in [1.807, 2.05) is 44.2 Å². The highest BCUT2D eigenvalue weighted by molar-refractivity contribution is 8.27. The van der Waals surface area contributed by atoms with Gasteiger partial charge in [0.05, 0.1) is 5.57 Å². The molecule has 2 aliphatic heterocycles. The number of aryl methyl sites for hydroxylation is 2. The monoisotopic (exact) mass is 495 g/mol. The van der Waals surface area contributed by atoms with Crippen LogP contribution in [-0.4, -0.2) is 31.5 Å². The van der Waals surface area contributed by atoms with E-state index in [-0.39, 0.29) is 11.4 Å². The average molecular weight is 496 g/mol. The number of amides is 1. The van der Waals surface area contributed by atoms with Crippen LogP contribution in [0.1, 0.15) is 59.8 Å². The summed E-state index contributed by atoms with van der Waals surface area (Å²) in [5, 5.41) is 16.0. The molecule has 2 aromatic carbocycles. The predicted molar refractivity (Wildman–Crippen MR) is 149 cm³/mol. The molecular formula is C29H29N5OS. The SMILES string of the molecule is CC[C@H](C)c1ccc(-n2c(C)cc(/C=C3/C(=N)N4N=C(c5ccccc5C)SC4=NC3=O)c2C)cc1. The van der Waals surface area contributed by atoms with Gasteiger partial charge < -0.3 is 4.57 Å². The third-order valence-corrected chi connectivity index (χ3v) is 7.87. The number of hydrogen-bond donors (Lipinski definition) is 1. The first-order valence-corrected chi connectivity index (χ1v) is 13.0. The number of benzene rings is 2. The Labute approximate surface area is 215 Å². The molecule has 0 radical (unpaired) electrons. The van der Waals surface area contributed by atoms with Crippen LogP contribution in [-0.2, 0) is 4.79 Å². The number of nitrogens with one attached hydrogen (secondary N) is 1. The number of carbonyl (C=O) groups excluding carboxylic acids is 1. The molecule has 5 rings (SSSR count). The quantitative estimate of drug-likeness (QED) is 0.406. The van der Waals surface area contributed by atoms with Crippen molar-refractivity contribution in [2.45, 2.75) is 47.0 Å². The molecule has 7 heteroatoms. The van der Waals surface area contributed by atoms with Crippen molar-refractivity contribution in [1.29, 1.82) is 5.41 Å². The molecule has 0 aliphatic carbocycles. The second-order valence-corrected chi connectivity index (χ2v) is 10.3. The average Bonchev–Trinajstić information content (AvgIpc) is 3.41. The second-order valence-electron chi connectivity index (χ2n) is 9.30.